The molecule has 5 nitrogen and oxygen atoms in total. The van der Waals surface area contributed by atoms with Crippen LogP contribution in [0.5, 0.6) is 0 Å². The molecule has 33 heavy (non-hydrogen) atoms. The monoisotopic (exact) mass is 466 g/mol. The molecule has 0 bridgehead atoms. The van der Waals surface area contributed by atoms with E-state index in [9.17, 15) is 31.1 Å². The van der Waals surface area contributed by atoms with Crippen molar-refractivity contribution in [1.82, 2.24) is 9.97 Å². The normalized spacial score (nSPS) is 14.7. The highest BCUT2D eigenvalue weighted by atomic mass is 19.4. The second-order valence-corrected chi connectivity index (χ2v) is 7.51. The fraction of sp³-hybridized carbons (Fsp3) is 0.227. The Kier molecular flexibility index (Phi) is 5.73. The molecule has 1 saturated heterocycles. The van der Waals surface area contributed by atoms with E-state index >= 15 is 0 Å². The zero-order chi connectivity index (χ0) is 23.8. The Labute approximate surface area is 184 Å². The first kappa shape index (κ1) is 22.6. The molecule has 0 saturated carbocycles. The second-order valence-electron chi connectivity index (χ2n) is 7.51. The molecule has 0 radical (unpaired) electrons. The summed E-state index contributed by atoms with van der Waals surface area (Å²) < 4.78 is 78.0. The minimum Gasteiger partial charge on any atom is -0.355 e. The highest BCUT2D eigenvalue weighted by Gasteiger charge is 2.38. The molecule has 1 fully saturated rings. The maximum atomic E-state index is 13.0. The van der Waals surface area contributed by atoms with Crippen molar-refractivity contribution in [3.8, 4) is 11.3 Å². The Balaban J connectivity index is 1.45. The molecule has 0 aliphatic carbocycles. The number of carbonyl (C=O) groups is 1. The van der Waals surface area contributed by atoms with Gasteiger partial charge in [0, 0.05) is 30.4 Å². The lowest BCUT2D eigenvalue weighted by Gasteiger charge is -2.39. The van der Waals surface area contributed by atoms with Crippen LogP contribution in [0.1, 0.15) is 11.1 Å². The van der Waals surface area contributed by atoms with Crippen molar-refractivity contribution in [3.05, 3.63) is 72.1 Å². The lowest BCUT2D eigenvalue weighted by Crippen LogP contribution is -2.52. The molecule has 1 N–H and O–H groups in total. The zero-order valence-corrected chi connectivity index (χ0v) is 16.8. The molecule has 0 spiro atoms. The Morgan fingerprint density at radius 1 is 0.879 bits per heavy atom. The van der Waals surface area contributed by atoms with Crippen LogP contribution in [0, 0.1) is 5.92 Å². The average Bonchev–Trinajstić information content (AvgIpc) is 2.72. The summed E-state index contributed by atoms with van der Waals surface area (Å²) in [4.78, 5) is 22.6. The van der Waals surface area contributed by atoms with Crippen molar-refractivity contribution < 1.29 is 31.1 Å². The summed E-state index contributed by atoms with van der Waals surface area (Å²) in [6.07, 6.45) is -8.60. The van der Waals surface area contributed by atoms with Crippen molar-refractivity contribution in [2.45, 2.75) is 12.4 Å². The zero-order valence-electron chi connectivity index (χ0n) is 16.8. The number of hydrogen-bond acceptors (Lipinski definition) is 4. The van der Waals surface area contributed by atoms with Gasteiger partial charge in [0.15, 0.2) is 0 Å². The summed E-state index contributed by atoms with van der Waals surface area (Å²) in [6, 6.07) is 12.1. The second kappa shape index (κ2) is 8.38. The fourth-order valence-electron chi connectivity index (χ4n) is 3.39. The fourth-order valence-corrected chi connectivity index (χ4v) is 3.39. The number of aromatic nitrogens is 2. The van der Waals surface area contributed by atoms with Crippen LogP contribution in [-0.4, -0.2) is 29.0 Å². The standard InChI is InChI=1S/C22H16F6N4O/c23-21(24,25)15-6-16(22(26,27)28)8-17(7-15)31-20(33)14-10-32(11-14)19-9-18(29-12-30-19)13-4-2-1-3-5-13/h1-9,12,14H,10-11H2,(H,31,33). The first-order chi connectivity index (χ1) is 15.5. The minimum absolute atomic E-state index is 0.0141. The van der Waals surface area contributed by atoms with Gasteiger partial charge in [0.05, 0.1) is 22.7 Å². The van der Waals surface area contributed by atoms with Gasteiger partial charge < -0.3 is 10.2 Å². The molecule has 1 aliphatic rings. The highest BCUT2D eigenvalue weighted by Crippen LogP contribution is 2.38. The molecule has 2 heterocycles. The number of benzene rings is 2. The molecule has 4 rings (SSSR count). The van der Waals surface area contributed by atoms with Gasteiger partial charge in [0.25, 0.3) is 0 Å². The number of carbonyl (C=O) groups excluding carboxylic acids is 1. The van der Waals surface area contributed by atoms with Crippen LogP contribution >= 0.6 is 0 Å². The molecule has 3 aromatic rings. The number of amides is 1. The molecule has 0 atom stereocenters. The van der Waals surface area contributed by atoms with Crippen LogP contribution in [0.15, 0.2) is 60.9 Å². The predicted molar refractivity (Wildman–Crippen MR) is 108 cm³/mol. The Bertz CT molecular complexity index is 1130. The van der Waals surface area contributed by atoms with E-state index in [2.05, 4.69) is 15.3 Å². The number of nitrogens with one attached hydrogen (secondary N) is 1. The number of alkyl halides is 6. The first-order valence-corrected chi connectivity index (χ1v) is 9.73. The SMILES string of the molecule is O=C(Nc1cc(C(F)(F)F)cc(C(F)(F)F)c1)C1CN(c2cc(-c3ccccc3)ncn2)C1. The average molecular weight is 466 g/mol. The van der Waals surface area contributed by atoms with E-state index in [-0.39, 0.29) is 19.2 Å². The van der Waals surface area contributed by atoms with Gasteiger partial charge in [-0.3, -0.25) is 4.79 Å². The first-order valence-electron chi connectivity index (χ1n) is 9.73. The number of nitrogens with zero attached hydrogens (tertiary/aromatic N) is 3. The van der Waals surface area contributed by atoms with Crippen LogP contribution in [0.3, 0.4) is 0 Å². The molecule has 1 aromatic heterocycles. The summed E-state index contributed by atoms with van der Waals surface area (Å²) in [5.74, 6) is -0.730. The molecule has 0 unspecified atom stereocenters. The number of rotatable bonds is 4. The van der Waals surface area contributed by atoms with Gasteiger partial charge in [-0.05, 0) is 18.2 Å². The Morgan fingerprint density at radius 2 is 1.48 bits per heavy atom. The molecule has 11 heteroatoms. The summed E-state index contributed by atoms with van der Waals surface area (Å²) >= 11 is 0. The van der Waals surface area contributed by atoms with Gasteiger partial charge in [-0.1, -0.05) is 30.3 Å². The van der Waals surface area contributed by atoms with Crippen molar-refractivity contribution in [3.63, 3.8) is 0 Å². The highest BCUT2D eigenvalue weighted by molar-refractivity contribution is 5.94. The maximum absolute atomic E-state index is 13.0. The van der Waals surface area contributed by atoms with E-state index in [1.807, 2.05) is 30.3 Å². The molecular weight excluding hydrogens is 450 g/mol. The minimum atomic E-state index is -4.99. The van der Waals surface area contributed by atoms with Gasteiger partial charge in [0.1, 0.15) is 12.1 Å². The van der Waals surface area contributed by atoms with Gasteiger partial charge >= 0.3 is 12.4 Å². The quantitative estimate of drug-likeness (QED) is 0.534. The van der Waals surface area contributed by atoms with E-state index < -0.39 is 41.0 Å². The molecular formula is C22H16F6N4O. The van der Waals surface area contributed by atoms with Crippen LogP contribution in [0.4, 0.5) is 37.8 Å². The molecule has 2 aromatic carbocycles. The van der Waals surface area contributed by atoms with E-state index in [4.69, 9.17) is 0 Å². The Hall–Kier alpha value is -3.63. The smallest absolute Gasteiger partial charge is 0.355 e. The number of hydrogen-bond donors (Lipinski definition) is 1. The van der Waals surface area contributed by atoms with E-state index in [0.717, 1.165) is 5.56 Å². The van der Waals surface area contributed by atoms with E-state index in [1.54, 1.807) is 11.0 Å². The third-order valence-electron chi connectivity index (χ3n) is 5.15. The van der Waals surface area contributed by atoms with Crippen LogP contribution in [0.25, 0.3) is 11.3 Å². The largest absolute Gasteiger partial charge is 0.416 e. The van der Waals surface area contributed by atoms with Crippen LogP contribution in [-0.2, 0) is 17.1 Å². The van der Waals surface area contributed by atoms with E-state index in [1.165, 1.54) is 6.33 Å². The van der Waals surface area contributed by atoms with Crippen molar-refractivity contribution in [2.24, 2.45) is 5.92 Å². The predicted octanol–water partition coefficient (Wildman–Crippen LogP) is 5.26. The third kappa shape index (κ3) is 5.07. The van der Waals surface area contributed by atoms with Gasteiger partial charge in [0.2, 0.25) is 5.91 Å². The van der Waals surface area contributed by atoms with Crippen LogP contribution in [0.2, 0.25) is 0 Å². The third-order valence-corrected chi connectivity index (χ3v) is 5.15. The van der Waals surface area contributed by atoms with Crippen molar-refractivity contribution >= 4 is 17.4 Å². The van der Waals surface area contributed by atoms with Gasteiger partial charge in [-0.25, -0.2) is 9.97 Å². The van der Waals surface area contributed by atoms with Gasteiger partial charge in [-0.15, -0.1) is 0 Å². The lowest BCUT2D eigenvalue weighted by molar-refractivity contribution is -0.143. The summed E-state index contributed by atoms with van der Waals surface area (Å²) in [5, 5.41) is 2.18. The molecule has 1 amide bonds. The molecule has 1 aliphatic heterocycles. The molecule has 172 valence electrons. The number of anilines is 2. The maximum Gasteiger partial charge on any atom is 0.416 e. The van der Waals surface area contributed by atoms with Crippen molar-refractivity contribution in [2.75, 3.05) is 23.3 Å². The summed E-state index contributed by atoms with van der Waals surface area (Å²) in [7, 11) is 0. The van der Waals surface area contributed by atoms with E-state index in [0.29, 0.717) is 23.6 Å². The lowest BCUT2D eigenvalue weighted by atomic mass is 9.98. The summed E-state index contributed by atoms with van der Waals surface area (Å²) in [6.45, 7) is 0.421. The van der Waals surface area contributed by atoms with Crippen molar-refractivity contribution in [1.29, 1.82) is 0 Å². The van der Waals surface area contributed by atoms with Crippen LogP contribution < -0.4 is 10.2 Å². The Morgan fingerprint density at radius 3 is 2.06 bits per heavy atom. The number of halogens is 6. The summed E-state index contributed by atoms with van der Waals surface area (Å²) in [5.41, 5.74) is -1.98. The van der Waals surface area contributed by atoms with Gasteiger partial charge in [-0.2, -0.15) is 26.3 Å². The topological polar surface area (TPSA) is 58.1 Å².